The molecular formula is C29H37NO6. The van der Waals surface area contributed by atoms with Crippen LogP contribution < -0.4 is 9.47 Å². The minimum Gasteiger partial charge on any atom is -0.507 e. The molecule has 1 N–H and O–H groups in total. The molecule has 0 spiro atoms. The van der Waals surface area contributed by atoms with E-state index in [1.807, 2.05) is 59.7 Å². The normalized spacial score (nSPS) is 17.3. The molecule has 1 amide bonds. The fourth-order valence-electron chi connectivity index (χ4n) is 4.35. The van der Waals surface area contributed by atoms with E-state index in [4.69, 9.17) is 14.2 Å². The van der Waals surface area contributed by atoms with Gasteiger partial charge in [-0.15, -0.1) is 0 Å². The predicted octanol–water partition coefficient (Wildman–Crippen LogP) is 5.45. The minimum absolute atomic E-state index is 0.0101. The number of hydrogen-bond donors (Lipinski definition) is 1. The molecule has 7 nitrogen and oxygen atoms in total. The monoisotopic (exact) mass is 495 g/mol. The molecule has 1 fully saturated rings. The van der Waals surface area contributed by atoms with Gasteiger partial charge in [0.2, 0.25) is 0 Å². The molecule has 1 heterocycles. The van der Waals surface area contributed by atoms with Crippen molar-refractivity contribution in [3.8, 4) is 11.5 Å². The summed E-state index contributed by atoms with van der Waals surface area (Å²) in [6.07, 6.45) is -0.0101. The van der Waals surface area contributed by atoms with Gasteiger partial charge >= 0.3 is 0 Å². The van der Waals surface area contributed by atoms with Crippen LogP contribution in [0, 0.1) is 0 Å². The van der Waals surface area contributed by atoms with Gasteiger partial charge in [-0.05, 0) is 75.1 Å². The van der Waals surface area contributed by atoms with Crippen LogP contribution in [0.2, 0.25) is 0 Å². The lowest BCUT2D eigenvalue weighted by atomic mass is 9.93. The van der Waals surface area contributed by atoms with Gasteiger partial charge in [0, 0.05) is 12.1 Å². The van der Waals surface area contributed by atoms with E-state index in [0.717, 1.165) is 11.3 Å². The summed E-state index contributed by atoms with van der Waals surface area (Å²) in [5.74, 6) is -0.0113. The first kappa shape index (κ1) is 27.3. The van der Waals surface area contributed by atoms with Gasteiger partial charge in [-0.3, -0.25) is 9.59 Å². The summed E-state index contributed by atoms with van der Waals surface area (Å²) in [4.78, 5) is 27.9. The molecule has 1 aliphatic heterocycles. The van der Waals surface area contributed by atoms with Crippen molar-refractivity contribution in [2.75, 3.05) is 26.4 Å². The highest BCUT2D eigenvalue weighted by Gasteiger charge is 2.46. The number of rotatable bonds is 11. The number of aliphatic hydroxyl groups is 1. The molecule has 0 bridgehead atoms. The number of amides is 1. The number of carbonyl (C=O) groups excluding carboxylic acids is 2. The van der Waals surface area contributed by atoms with Crippen LogP contribution in [0.4, 0.5) is 0 Å². The molecule has 194 valence electrons. The third-order valence-corrected chi connectivity index (χ3v) is 6.04. The van der Waals surface area contributed by atoms with Gasteiger partial charge in [-0.25, -0.2) is 0 Å². The number of Topliss-reactive ketones (excluding diaryl/α,β-unsaturated/α-hetero) is 1. The summed E-state index contributed by atoms with van der Waals surface area (Å²) in [5, 5.41) is 11.4. The van der Waals surface area contributed by atoms with E-state index in [0.29, 0.717) is 30.1 Å². The Balaban J connectivity index is 2.11. The topological polar surface area (TPSA) is 85.3 Å². The second-order valence-corrected chi connectivity index (χ2v) is 9.25. The van der Waals surface area contributed by atoms with Crippen molar-refractivity contribution >= 4 is 17.4 Å². The number of carbonyl (C=O) groups is 2. The van der Waals surface area contributed by atoms with Crippen LogP contribution in [-0.2, 0) is 14.3 Å². The molecule has 0 aliphatic carbocycles. The second-order valence-electron chi connectivity index (χ2n) is 9.25. The van der Waals surface area contributed by atoms with Crippen LogP contribution in [0.15, 0.2) is 48.0 Å². The van der Waals surface area contributed by atoms with E-state index in [1.54, 1.807) is 24.3 Å². The zero-order chi connectivity index (χ0) is 26.4. The van der Waals surface area contributed by atoms with Crippen molar-refractivity contribution in [1.29, 1.82) is 0 Å². The highest BCUT2D eigenvalue weighted by molar-refractivity contribution is 6.46. The number of nitrogens with zero attached hydrogens (tertiary/aromatic N) is 1. The van der Waals surface area contributed by atoms with Crippen LogP contribution in [0.5, 0.6) is 11.5 Å². The van der Waals surface area contributed by atoms with E-state index < -0.39 is 17.7 Å². The predicted molar refractivity (Wildman–Crippen MR) is 139 cm³/mol. The Morgan fingerprint density at radius 1 is 0.972 bits per heavy atom. The van der Waals surface area contributed by atoms with Gasteiger partial charge in [0.1, 0.15) is 17.3 Å². The number of aliphatic hydroxyl groups excluding tert-OH is 1. The second kappa shape index (κ2) is 12.1. The average molecular weight is 496 g/mol. The molecule has 2 aromatic carbocycles. The highest BCUT2D eigenvalue weighted by Crippen LogP contribution is 2.40. The highest BCUT2D eigenvalue weighted by atomic mass is 16.5. The molecule has 7 heteroatoms. The average Bonchev–Trinajstić information content (AvgIpc) is 3.09. The van der Waals surface area contributed by atoms with Crippen LogP contribution in [0.3, 0.4) is 0 Å². The van der Waals surface area contributed by atoms with Gasteiger partial charge in [0.25, 0.3) is 11.7 Å². The van der Waals surface area contributed by atoms with E-state index >= 15 is 0 Å². The number of benzene rings is 2. The first-order valence-electron chi connectivity index (χ1n) is 12.6. The van der Waals surface area contributed by atoms with Crippen molar-refractivity contribution in [3.63, 3.8) is 0 Å². The molecular weight excluding hydrogens is 458 g/mol. The molecule has 1 saturated heterocycles. The third kappa shape index (κ3) is 5.90. The quantitative estimate of drug-likeness (QED) is 0.253. The lowest BCUT2D eigenvalue weighted by Gasteiger charge is -2.26. The fourth-order valence-corrected chi connectivity index (χ4v) is 4.35. The van der Waals surface area contributed by atoms with Gasteiger partial charge in [0.05, 0.1) is 37.5 Å². The lowest BCUT2D eigenvalue weighted by molar-refractivity contribution is -0.140. The van der Waals surface area contributed by atoms with E-state index in [-0.39, 0.29) is 36.5 Å². The Morgan fingerprint density at radius 3 is 2.22 bits per heavy atom. The van der Waals surface area contributed by atoms with E-state index in [2.05, 4.69) is 0 Å². The molecule has 0 aromatic heterocycles. The van der Waals surface area contributed by atoms with Gasteiger partial charge in [0.15, 0.2) is 0 Å². The zero-order valence-corrected chi connectivity index (χ0v) is 22.0. The lowest BCUT2D eigenvalue weighted by Crippen LogP contribution is -2.33. The number of likely N-dealkylation sites (tertiary alicyclic amines) is 1. The molecule has 0 radical (unpaired) electrons. The Labute approximate surface area is 213 Å². The number of ketones is 1. The summed E-state index contributed by atoms with van der Waals surface area (Å²) in [7, 11) is 0. The molecule has 3 rings (SSSR count). The van der Waals surface area contributed by atoms with Gasteiger partial charge in [-0.1, -0.05) is 26.0 Å². The molecule has 36 heavy (non-hydrogen) atoms. The van der Waals surface area contributed by atoms with Crippen LogP contribution in [0.25, 0.3) is 5.76 Å². The Hall–Kier alpha value is -3.32. The molecule has 1 aliphatic rings. The number of hydrogen-bond acceptors (Lipinski definition) is 6. The first-order chi connectivity index (χ1) is 17.2. The zero-order valence-electron chi connectivity index (χ0n) is 22.0. The maximum Gasteiger partial charge on any atom is 0.295 e. The van der Waals surface area contributed by atoms with Crippen molar-refractivity contribution < 1.29 is 28.9 Å². The molecule has 0 saturated carbocycles. The first-order valence-corrected chi connectivity index (χ1v) is 12.6. The van der Waals surface area contributed by atoms with E-state index in [9.17, 15) is 14.7 Å². The molecule has 1 atom stereocenters. The van der Waals surface area contributed by atoms with Crippen molar-refractivity contribution in [2.24, 2.45) is 0 Å². The van der Waals surface area contributed by atoms with Gasteiger partial charge < -0.3 is 24.2 Å². The third-order valence-electron chi connectivity index (χ3n) is 6.04. The van der Waals surface area contributed by atoms with Crippen LogP contribution in [-0.4, -0.2) is 54.2 Å². The molecule has 1 unspecified atom stereocenters. The van der Waals surface area contributed by atoms with E-state index in [1.165, 1.54) is 4.90 Å². The van der Waals surface area contributed by atoms with Crippen molar-refractivity contribution in [3.05, 3.63) is 64.7 Å². The summed E-state index contributed by atoms with van der Waals surface area (Å²) in [5.41, 5.74) is 2.15. The SMILES string of the molecule is CCOc1ccc(C2/C(=C(/O)c3ccc(OCC)c(C(C)C)c3)C(=O)C(=O)N2CCOC(C)C)cc1. The summed E-state index contributed by atoms with van der Waals surface area (Å²) >= 11 is 0. The largest absolute Gasteiger partial charge is 0.507 e. The van der Waals surface area contributed by atoms with Crippen molar-refractivity contribution in [2.45, 2.75) is 59.6 Å². The maximum absolute atomic E-state index is 13.3. The van der Waals surface area contributed by atoms with Gasteiger partial charge in [-0.2, -0.15) is 0 Å². The number of ether oxygens (including phenoxy) is 3. The molecule has 2 aromatic rings. The van der Waals surface area contributed by atoms with Crippen LogP contribution in [0.1, 0.15) is 70.2 Å². The fraction of sp³-hybridized carbons (Fsp3) is 0.448. The maximum atomic E-state index is 13.3. The van der Waals surface area contributed by atoms with Crippen molar-refractivity contribution in [1.82, 2.24) is 4.90 Å². The Kier molecular flexibility index (Phi) is 9.15. The Bertz CT molecular complexity index is 1100. The summed E-state index contributed by atoms with van der Waals surface area (Å²) in [6.45, 7) is 13.3. The van der Waals surface area contributed by atoms with Crippen LogP contribution >= 0.6 is 0 Å². The smallest absolute Gasteiger partial charge is 0.295 e. The summed E-state index contributed by atoms with van der Waals surface area (Å²) < 4.78 is 17.0. The summed E-state index contributed by atoms with van der Waals surface area (Å²) in [6, 6.07) is 11.9. The standard InChI is InChI=1S/C29H37NO6/c1-7-34-22-12-9-20(10-13-22)26-25(28(32)29(33)30(26)15-16-36-19(5)6)27(31)21-11-14-24(35-8-2)23(17-21)18(3)4/h9-14,17-19,26,31H,7-8,15-16H2,1-6H3/b27-25-. The minimum atomic E-state index is -0.745. The Morgan fingerprint density at radius 2 is 1.64 bits per heavy atom.